The van der Waals surface area contributed by atoms with Crippen LogP contribution in [0.1, 0.15) is 0 Å². The number of hydrogen-bond donors (Lipinski definition) is 4. The van der Waals surface area contributed by atoms with Crippen molar-refractivity contribution in [1.29, 1.82) is 0 Å². The first-order valence-corrected chi connectivity index (χ1v) is 5.80. The van der Waals surface area contributed by atoms with Crippen LogP contribution in [0, 0.1) is 29.6 Å². The van der Waals surface area contributed by atoms with Gasteiger partial charge in [-0.05, 0) is 0 Å². The van der Waals surface area contributed by atoms with Crippen LogP contribution in [-0.2, 0) is 23.9 Å². The van der Waals surface area contributed by atoms with Gasteiger partial charge in [0.25, 0.3) is 0 Å². The molecule has 0 aromatic heterocycles. The van der Waals surface area contributed by atoms with Crippen LogP contribution in [0.3, 0.4) is 0 Å². The monoisotopic (exact) mass is 288 g/mol. The summed E-state index contributed by atoms with van der Waals surface area (Å²) < 4.78 is 5.10. The van der Waals surface area contributed by atoms with Gasteiger partial charge in [-0.3, -0.25) is 19.2 Å². The fraction of sp³-hybridized carbons (Fsp3) is 0.636. The highest BCUT2D eigenvalue weighted by atomic mass is 16.5. The zero-order valence-electron chi connectivity index (χ0n) is 10.0. The highest BCUT2D eigenvalue weighted by Gasteiger charge is 2.64. The zero-order chi connectivity index (χ0) is 15.2. The Morgan fingerprint density at radius 3 is 1.35 bits per heavy atom. The predicted molar refractivity (Wildman–Crippen MR) is 57.7 cm³/mol. The molecular formula is C11H12O9. The highest BCUT2D eigenvalue weighted by molar-refractivity contribution is 5.87. The Kier molecular flexibility index (Phi) is 3.38. The Balaban J connectivity index is 2.51. The van der Waals surface area contributed by atoms with Crippen molar-refractivity contribution in [1.82, 2.24) is 0 Å². The van der Waals surface area contributed by atoms with E-state index in [9.17, 15) is 19.2 Å². The Morgan fingerprint density at radius 2 is 1.05 bits per heavy atom. The van der Waals surface area contributed by atoms with Crippen LogP contribution >= 0.6 is 0 Å². The average molecular weight is 288 g/mol. The van der Waals surface area contributed by atoms with Gasteiger partial charge in [-0.25, -0.2) is 0 Å². The van der Waals surface area contributed by atoms with Crippen LogP contribution < -0.4 is 0 Å². The molecule has 9 nitrogen and oxygen atoms in total. The Hall–Kier alpha value is -2.16. The normalized spacial score (nSPS) is 39.2. The molecule has 2 bridgehead atoms. The molecular weight excluding hydrogens is 276 g/mol. The molecule has 4 unspecified atom stereocenters. The van der Waals surface area contributed by atoms with Crippen molar-refractivity contribution in [2.75, 3.05) is 6.61 Å². The number of rotatable bonds is 4. The van der Waals surface area contributed by atoms with Crippen LogP contribution in [0.2, 0.25) is 0 Å². The lowest BCUT2D eigenvalue weighted by Crippen LogP contribution is -2.64. The molecule has 3 rings (SSSR count). The first-order chi connectivity index (χ1) is 9.27. The molecule has 2 heterocycles. The van der Waals surface area contributed by atoms with E-state index in [1.54, 1.807) is 0 Å². The topological polar surface area (TPSA) is 158 Å². The lowest BCUT2D eigenvalue weighted by molar-refractivity contribution is -0.224. The fourth-order valence-electron chi connectivity index (χ4n) is 3.29. The van der Waals surface area contributed by atoms with E-state index < -0.39 is 59.6 Å². The number of aliphatic carboxylic acids is 4. The smallest absolute Gasteiger partial charge is 0.310 e. The lowest BCUT2D eigenvalue weighted by Gasteiger charge is -2.50. The standard InChI is InChI=1S/C11H12O9/c12-8(13)3-2-1-20-7(5(3)10(16)17)6(11(18)19)4(2)9(14)15/h2-7H,1H2,(H,12,13)(H,14,15)(H,16,17)(H,18,19). The van der Waals surface area contributed by atoms with E-state index in [0.717, 1.165) is 0 Å². The summed E-state index contributed by atoms with van der Waals surface area (Å²) in [5.74, 6) is -13.2. The SMILES string of the molecule is O=C(O)C1C2COC(C1C(=O)O)C(C(=O)O)C2C(=O)O. The van der Waals surface area contributed by atoms with Gasteiger partial charge in [-0.1, -0.05) is 0 Å². The van der Waals surface area contributed by atoms with Crippen LogP contribution in [0.5, 0.6) is 0 Å². The third kappa shape index (κ3) is 1.90. The van der Waals surface area contributed by atoms with Crippen LogP contribution in [0.25, 0.3) is 0 Å². The second kappa shape index (κ2) is 4.75. The first-order valence-electron chi connectivity index (χ1n) is 5.80. The summed E-state index contributed by atoms with van der Waals surface area (Å²) in [7, 11) is 0. The molecule has 3 fully saturated rings. The molecule has 9 heteroatoms. The second-order valence-corrected chi connectivity index (χ2v) is 4.92. The fourth-order valence-corrected chi connectivity index (χ4v) is 3.29. The van der Waals surface area contributed by atoms with E-state index in [4.69, 9.17) is 25.2 Å². The number of fused-ring (bicyclic) bond motifs is 3. The summed E-state index contributed by atoms with van der Waals surface area (Å²) in [6.07, 6.45) is -1.46. The first kappa shape index (κ1) is 14.3. The zero-order valence-corrected chi connectivity index (χ0v) is 10.0. The van der Waals surface area contributed by atoms with E-state index in [-0.39, 0.29) is 6.61 Å². The minimum Gasteiger partial charge on any atom is -0.481 e. The van der Waals surface area contributed by atoms with Gasteiger partial charge in [0.2, 0.25) is 0 Å². The van der Waals surface area contributed by atoms with Crippen LogP contribution in [-0.4, -0.2) is 57.0 Å². The van der Waals surface area contributed by atoms with Gasteiger partial charge < -0.3 is 25.2 Å². The van der Waals surface area contributed by atoms with E-state index in [0.29, 0.717) is 0 Å². The summed E-state index contributed by atoms with van der Waals surface area (Å²) in [4.78, 5) is 44.9. The quantitative estimate of drug-likeness (QED) is 0.499. The van der Waals surface area contributed by atoms with Gasteiger partial charge in [-0.2, -0.15) is 0 Å². The Morgan fingerprint density at radius 1 is 0.700 bits per heavy atom. The Bertz CT molecular complexity index is 400. The Labute approximate surface area is 111 Å². The summed E-state index contributed by atoms with van der Waals surface area (Å²) in [5.41, 5.74) is 0. The largest absolute Gasteiger partial charge is 0.481 e. The van der Waals surface area contributed by atoms with Gasteiger partial charge in [0, 0.05) is 5.92 Å². The number of carboxylic acid groups (broad SMARTS) is 4. The van der Waals surface area contributed by atoms with Gasteiger partial charge in [0.05, 0.1) is 36.4 Å². The number of carboxylic acids is 4. The second-order valence-electron chi connectivity index (χ2n) is 4.92. The van der Waals surface area contributed by atoms with Crippen molar-refractivity contribution in [3.63, 3.8) is 0 Å². The lowest BCUT2D eigenvalue weighted by atomic mass is 9.58. The van der Waals surface area contributed by atoms with E-state index in [2.05, 4.69) is 0 Å². The van der Waals surface area contributed by atoms with E-state index in [1.807, 2.05) is 0 Å². The molecule has 0 aromatic rings. The molecule has 0 amide bonds. The molecule has 1 saturated carbocycles. The molecule has 2 aliphatic heterocycles. The van der Waals surface area contributed by atoms with Crippen molar-refractivity contribution in [3.8, 4) is 0 Å². The van der Waals surface area contributed by atoms with Crippen molar-refractivity contribution < 1.29 is 44.3 Å². The maximum absolute atomic E-state index is 11.2. The molecule has 4 atom stereocenters. The minimum absolute atomic E-state index is 0.272. The summed E-state index contributed by atoms with van der Waals surface area (Å²) >= 11 is 0. The third-order valence-electron chi connectivity index (χ3n) is 4.03. The van der Waals surface area contributed by atoms with Crippen molar-refractivity contribution in [2.45, 2.75) is 6.10 Å². The van der Waals surface area contributed by atoms with E-state index >= 15 is 0 Å². The molecule has 20 heavy (non-hydrogen) atoms. The van der Waals surface area contributed by atoms with Crippen molar-refractivity contribution in [3.05, 3.63) is 0 Å². The van der Waals surface area contributed by atoms with Gasteiger partial charge >= 0.3 is 23.9 Å². The molecule has 110 valence electrons. The molecule has 0 aromatic carbocycles. The maximum Gasteiger partial charge on any atom is 0.310 e. The molecule has 0 radical (unpaired) electrons. The van der Waals surface area contributed by atoms with Crippen LogP contribution in [0.4, 0.5) is 0 Å². The predicted octanol–water partition coefficient (Wildman–Crippen LogP) is -1.18. The number of ether oxygens (including phenoxy) is 1. The van der Waals surface area contributed by atoms with Gasteiger partial charge in [-0.15, -0.1) is 0 Å². The summed E-state index contributed by atoms with van der Waals surface area (Å²) in [6.45, 7) is -0.272. The summed E-state index contributed by atoms with van der Waals surface area (Å²) in [5, 5.41) is 36.5. The number of carbonyl (C=O) groups is 4. The molecule has 2 saturated heterocycles. The van der Waals surface area contributed by atoms with Crippen molar-refractivity contribution in [2.24, 2.45) is 29.6 Å². The van der Waals surface area contributed by atoms with Crippen molar-refractivity contribution >= 4 is 23.9 Å². The molecule has 1 aliphatic carbocycles. The van der Waals surface area contributed by atoms with E-state index in [1.165, 1.54) is 0 Å². The van der Waals surface area contributed by atoms with Gasteiger partial charge in [0.15, 0.2) is 0 Å². The third-order valence-corrected chi connectivity index (χ3v) is 4.03. The maximum atomic E-state index is 11.2. The summed E-state index contributed by atoms with van der Waals surface area (Å²) in [6, 6.07) is 0. The minimum atomic E-state index is -1.57. The van der Waals surface area contributed by atoms with Crippen LogP contribution in [0.15, 0.2) is 0 Å². The average Bonchev–Trinajstić information content (AvgIpc) is 2.36. The highest BCUT2D eigenvalue weighted by Crippen LogP contribution is 2.49. The number of hydrogen-bond acceptors (Lipinski definition) is 5. The molecule has 0 spiro atoms. The van der Waals surface area contributed by atoms with Gasteiger partial charge in [0.1, 0.15) is 0 Å². The molecule has 3 aliphatic rings. The molecule has 4 N–H and O–H groups in total.